The van der Waals surface area contributed by atoms with Crippen LogP contribution in [0.15, 0.2) is 35.6 Å². The van der Waals surface area contributed by atoms with E-state index < -0.39 is 11.6 Å². The second-order valence-electron chi connectivity index (χ2n) is 11.0. The molecular formula is C29H35FN4O3. The Morgan fingerprint density at radius 2 is 1.95 bits per heavy atom. The number of ether oxygens (including phenoxy) is 1. The van der Waals surface area contributed by atoms with Gasteiger partial charge in [-0.05, 0) is 74.6 Å². The lowest BCUT2D eigenvalue weighted by atomic mass is 9.76. The first-order valence-electron chi connectivity index (χ1n) is 13.3. The molecule has 0 bridgehead atoms. The van der Waals surface area contributed by atoms with Crippen molar-refractivity contribution < 1.29 is 19.0 Å². The van der Waals surface area contributed by atoms with Gasteiger partial charge in [-0.3, -0.25) is 0 Å². The summed E-state index contributed by atoms with van der Waals surface area (Å²) in [5, 5.41) is 15.6. The summed E-state index contributed by atoms with van der Waals surface area (Å²) in [6.07, 6.45) is 5.51. The van der Waals surface area contributed by atoms with Crippen LogP contribution in [0.5, 0.6) is 0 Å². The average molecular weight is 507 g/mol. The molecular weight excluding hydrogens is 471 g/mol. The largest absolute Gasteiger partial charge is 0.512 e. The maximum Gasteiger partial charge on any atom is 0.338 e. The van der Waals surface area contributed by atoms with Gasteiger partial charge in [-0.1, -0.05) is 38.8 Å². The number of aryl methyl sites for hydroxylation is 3. The summed E-state index contributed by atoms with van der Waals surface area (Å²) in [6, 6.07) is 7.31. The van der Waals surface area contributed by atoms with Crippen LogP contribution in [-0.4, -0.2) is 36.3 Å². The first-order chi connectivity index (χ1) is 17.6. The zero-order valence-corrected chi connectivity index (χ0v) is 22.1. The van der Waals surface area contributed by atoms with Gasteiger partial charge in [-0.2, -0.15) is 4.98 Å². The number of nitrogens with zero attached hydrogens (tertiary/aromatic N) is 4. The van der Waals surface area contributed by atoms with Gasteiger partial charge in [0.15, 0.2) is 5.82 Å². The minimum atomic E-state index is -0.796. The monoisotopic (exact) mass is 506 g/mol. The molecule has 1 atom stereocenters. The molecule has 37 heavy (non-hydrogen) atoms. The lowest BCUT2D eigenvalue weighted by Gasteiger charge is -2.41. The molecule has 1 aliphatic heterocycles. The molecule has 2 aliphatic rings. The number of benzene rings is 1. The van der Waals surface area contributed by atoms with E-state index in [1.807, 2.05) is 45.9 Å². The van der Waals surface area contributed by atoms with E-state index >= 15 is 0 Å². The Bertz CT molecular complexity index is 1370. The van der Waals surface area contributed by atoms with E-state index in [4.69, 9.17) is 4.74 Å². The molecule has 0 spiro atoms. The van der Waals surface area contributed by atoms with Gasteiger partial charge >= 0.3 is 5.97 Å². The second kappa shape index (κ2) is 9.88. The van der Waals surface area contributed by atoms with Gasteiger partial charge in [-0.15, -0.1) is 5.10 Å². The highest BCUT2D eigenvalue weighted by Gasteiger charge is 2.48. The molecule has 2 aromatic heterocycles. The summed E-state index contributed by atoms with van der Waals surface area (Å²) in [5.41, 5.74) is 2.70. The predicted molar refractivity (Wildman–Crippen MR) is 138 cm³/mol. The summed E-state index contributed by atoms with van der Waals surface area (Å²) in [7, 11) is 0. The SMILES string of the molecule is Cc1cc(C)n2nc(CC3=C(O)CC(CCc4ccc(C(C)C)c(F)c4)(C4CCCC4)OC3=O)nc2n1. The maximum atomic E-state index is 14.6. The van der Waals surface area contributed by atoms with E-state index in [0.717, 1.165) is 42.6 Å². The maximum absolute atomic E-state index is 14.6. The fraction of sp³-hybridized carbons (Fsp3) is 0.517. The molecule has 0 saturated heterocycles. The van der Waals surface area contributed by atoms with Crippen molar-refractivity contribution in [2.75, 3.05) is 0 Å². The summed E-state index contributed by atoms with van der Waals surface area (Å²) in [6.45, 7) is 7.76. The van der Waals surface area contributed by atoms with Crippen molar-refractivity contribution in [3.05, 3.63) is 69.8 Å². The van der Waals surface area contributed by atoms with Crippen molar-refractivity contribution in [1.82, 2.24) is 19.6 Å². The zero-order chi connectivity index (χ0) is 26.3. The number of carbonyl (C=O) groups is 1. The van der Waals surface area contributed by atoms with Crippen LogP contribution in [0.1, 0.15) is 86.6 Å². The molecule has 7 nitrogen and oxygen atoms in total. The van der Waals surface area contributed by atoms with E-state index in [1.54, 1.807) is 10.6 Å². The third kappa shape index (κ3) is 4.98. The highest BCUT2D eigenvalue weighted by molar-refractivity contribution is 5.90. The standard InChI is InChI=1S/C29H35FN4O3/c1-17(2)22-10-9-20(14-24(22)30)11-12-29(21-7-5-6-8-21)16-25(35)23(27(36)37-29)15-26-32-28-31-18(3)13-19(4)34(28)33-26/h9-10,13-14,17,21,35H,5-8,11-12,15-16H2,1-4H3. The molecule has 0 radical (unpaired) electrons. The summed E-state index contributed by atoms with van der Waals surface area (Å²) >= 11 is 0. The van der Waals surface area contributed by atoms with Crippen molar-refractivity contribution in [1.29, 1.82) is 0 Å². The number of hydrogen-bond donors (Lipinski definition) is 1. The minimum Gasteiger partial charge on any atom is -0.512 e. The van der Waals surface area contributed by atoms with E-state index in [0.29, 0.717) is 30.0 Å². The summed E-state index contributed by atoms with van der Waals surface area (Å²) in [5.74, 6) is 0.489. The molecule has 5 rings (SSSR count). The molecule has 8 heteroatoms. The molecule has 1 N–H and O–H groups in total. The van der Waals surface area contributed by atoms with Crippen LogP contribution < -0.4 is 0 Å². The lowest BCUT2D eigenvalue weighted by molar-refractivity contribution is -0.167. The molecule has 1 fully saturated rings. The van der Waals surface area contributed by atoms with Crippen LogP contribution in [0.2, 0.25) is 0 Å². The first-order valence-corrected chi connectivity index (χ1v) is 13.3. The van der Waals surface area contributed by atoms with E-state index in [1.165, 1.54) is 0 Å². The Labute approximate surface area is 216 Å². The Balaban J connectivity index is 1.39. The van der Waals surface area contributed by atoms with Crippen LogP contribution in [0, 0.1) is 25.6 Å². The number of aliphatic hydroxyl groups excluding tert-OH is 1. The summed E-state index contributed by atoms with van der Waals surface area (Å²) in [4.78, 5) is 22.2. The van der Waals surface area contributed by atoms with E-state index in [2.05, 4.69) is 15.1 Å². The van der Waals surface area contributed by atoms with E-state index in [-0.39, 0.29) is 41.8 Å². The Morgan fingerprint density at radius 3 is 2.62 bits per heavy atom. The number of halogens is 1. The third-order valence-corrected chi connectivity index (χ3v) is 7.98. The fourth-order valence-corrected chi connectivity index (χ4v) is 5.98. The molecule has 1 aromatic carbocycles. The number of rotatable bonds is 7. The van der Waals surface area contributed by atoms with Crippen LogP contribution in [-0.2, 0) is 22.4 Å². The van der Waals surface area contributed by atoms with Gasteiger partial charge in [0.1, 0.15) is 17.2 Å². The normalized spacial score (nSPS) is 20.9. The number of aromatic nitrogens is 4. The molecule has 0 amide bonds. The van der Waals surface area contributed by atoms with Gasteiger partial charge in [0, 0.05) is 24.2 Å². The predicted octanol–water partition coefficient (Wildman–Crippen LogP) is 5.87. The number of fused-ring (bicyclic) bond motifs is 1. The van der Waals surface area contributed by atoms with Crippen LogP contribution in [0.25, 0.3) is 5.78 Å². The molecule has 3 aromatic rings. The first kappa shape index (κ1) is 25.4. The Morgan fingerprint density at radius 1 is 1.19 bits per heavy atom. The highest BCUT2D eigenvalue weighted by atomic mass is 19.1. The lowest BCUT2D eigenvalue weighted by Crippen LogP contribution is -2.46. The molecule has 196 valence electrons. The number of aliphatic hydroxyl groups is 1. The highest BCUT2D eigenvalue weighted by Crippen LogP contribution is 2.46. The molecule has 3 heterocycles. The van der Waals surface area contributed by atoms with E-state index in [9.17, 15) is 14.3 Å². The van der Waals surface area contributed by atoms with Crippen LogP contribution in [0.3, 0.4) is 0 Å². The Hall–Kier alpha value is -3.29. The average Bonchev–Trinajstić information content (AvgIpc) is 3.51. The number of carbonyl (C=O) groups excluding carboxylic acids is 1. The quantitative estimate of drug-likeness (QED) is 0.403. The van der Waals surface area contributed by atoms with Gasteiger partial charge in [0.2, 0.25) is 0 Å². The van der Waals surface area contributed by atoms with Crippen molar-refractivity contribution in [2.24, 2.45) is 5.92 Å². The van der Waals surface area contributed by atoms with Crippen molar-refractivity contribution in [3.63, 3.8) is 0 Å². The molecule has 1 saturated carbocycles. The fourth-order valence-electron chi connectivity index (χ4n) is 5.98. The number of cyclic esters (lactones) is 1. The molecule has 1 unspecified atom stereocenters. The third-order valence-electron chi connectivity index (χ3n) is 7.98. The van der Waals surface area contributed by atoms with Crippen LogP contribution in [0.4, 0.5) is 4.39 Å². The zero-order valence-electron chi connectivity index (χ0n) is 22.1. The summed E-state index contributed by atoms with van der Waals surface area (Å²) < 4.78 is 22.5. The van der Waals surface area contributed by atoms with Crippen LogP contribution >= 0.6 is 0 Å². The topological polar surface area (TPSA) is 89.6 Å². The number of hydrogen-bond acceptors (Lipinski definition) is 6. The molecule has 1 aliphatic carbocycles. The van der Waals surface area contributed by atoms with Gasteiger partial charge in [0.25, 0.3) is 5.78 Å². The smallest absolute Gasteiger partial charge is 0.338 e. The van der Waals surface area contributed by atoms with Crippen molar-refractivity contribution in [3.8, 4) is 0 Å². The minimum absolute atomic E-state index is 0.0456. The van der Waals surface area contributed by atoms with Gasteiger partial charge < -0.3 is 9.84 Å². The Kier molecular flexibility index (Phi) is 6.77. The van der Waals surface area contributed by atoms with Gasteiger partial charge in [-0.25, -0.2) is 18.7 Å². The van der Waals surface area contributed by atoms with Crippen molar-refractivity contribution in [2.45, 2.75) is 90.6 Å². The van der Waals surface area contributed by atoms with Gasteiger partial charge in [0.05, 0.1) is 5.57 Å². The van der Waals surface area contributed by atoms with Crippen molar-refractivity contribution >= 4 is 11.7 Å². The second-order valence-corrected chi connectivity index (χ2v) is 11.0. The number of esters is 1.